The van der Waals surface area contributed by atoms with E-state index in [9.17, 15) is 4.79 Å². The zero-order chi connectivity index (χ0) is 18.9. The summed E-state index contributed by atoms with van der Waals surface area (Å²) in [6.07, 6.45) is 6.54. The monoisotopic (exact) mass is 370 g/mol. The molecule has 2 heterocycles. The van der Waals surface area contributed by atoms with Crippen LogP contribution < -0.4 is 10.1 Å². The van der Waals surface area contributed by atoms with Gasteiger partial charge in [-0.05, 0) is 63.0 Å². The molecule has 1 aliphatic heterocycles. The van der Waals surface area contributed by atoms with Crippen molar-refractivity contribution >= 4 is 5.91 Å². The number of carbonyl (C=O) groups excluding carboxylic acids is 1. The van der Waals surface area contributed by atoms with Gasteiger partial charge >= 0.3 is 0 Å². The van der Waals surface area contributed by atoms with Crippen LogP contribution in [0.15, 0.2) is 47.1 Å². The Morgan fingerprint density at radius 3 is 2.74 bits per heavy atom. The second-order valence-electron chi connectivity index (χ2n) is 6.97. The lowest BCUT2D eigenvalue weighted by molar-refractivity contribution is -0.121. The van der Waals surface area contributed by atoms with Gasteiger partial charge in [-0.2, -0.15) is 0 Å². The van der Waals surface area contributed by atoms with Crippen molar-refractivity contribution in [2.24, 2.45) is 0 Å². The van der Waals surface area contributed by atoms with Gasteiger partial charge < -0.3 is 14.5 Å². The molecular formula is C22H30N2O3. The molecule has 0 radical (unpaired) electrons. The van der Waals surface area contributed by atoms with E-state index in [4.69, 9.17) is 9.15 Å². The zero-order valence-electron chi connectivity index (χ0n) is 16.2. The summed E-state index contributed by atoms with van der Waals surface area (Å²) in [5.74, 6) is 1.86. The number of nitrogens with one attached hydrogen (secondary N) is 1. The lowest BCUT2D eigenvalue weighted by Gasteiger charge is -2.33. The maximum Gasteiger partial charge on any atom is 0.220 e. The third-order valence-corrected chi connectivity index (χ3v) is 5.09. The Kier molecular flexibility index (Phi) is 7.34. The fraction of sp³-hybridized carbons (Fsp3) is 0.500. The largest absolute Gasteiger partial charge is 0.494 e. The molecule has 0 spiro atoms. The summed E-state index contributed by atoms with van der Waals surface area (Å²) in [7, 11) is 0. The molecule has 1 amide bonds. The standard InChI is InChI=1S/C22H30N2O3/c1-2-26-20-10-5-4-9-18(20)12-13-22(25)23-17-19(21-11-8-16-27-21)24-14-6-3-7-15-24/h4-5,8-11,16,19H,2-3,6-7,12-15,17H2,1H3,(H,23,25). The Labute approximate surface area is 161 Å². The van der Waals surface area contributed by atoms with Crippen LogP contribution in [0.3, 0.4) is 0 Å². The molecule has 1 unspecified atom stereocenters. The van der Waals surface area contributed by atoms with Gasteiger partial charge in [0.05, 0.1) is 18.9 Å². The Morgan fingerprint density at radius 2 is 2.00 bits per heavy atom. The molecule has 0 aliphatic carbocycles. The number of hydrogen-bond acceptors (Lipinski definition) is 4. The third-order valence-electron chi connectivity index (χ3n) is 5.09. The van der Waals surface area contributed by atoms with Crippen molar-refractivity contribution in [1.82, 2.24) is 10.2 Å². The number of rotatable bonds is 9. The summed E-state index contributed by atoms with van der Waals surface area (Å²) in [6.45, 7) is 5.30. The number of nitrogens with zero attached hydrogens (tertiary/aromatic N) is 1. The zero-order valence-corrected chi connectivity index (χ0v) is 16.2. The van der Waals surface area contributed by atoms with E-state index in [1.807, 2.05) is 43.3 Å². The molecule has 1 saturated heterocycles. The first-order chi connectivity index (χ1) is 13.3. The van der Waals surface area contributed by atoms with Gasteiger partial charge in [-0.1, -0.05) is 24.6 Å². The highest BCUT2D eigenvalue weighted by Crippen LogP contribution is 2.24. The molecule has 1 aromatic carbocycles. The van der Waals surface area contributed by atoms with Crippen LogP contribution in [0.4, 0.5) is 0 Å². The molecule has 146 valence electrons. The number of amides is 1. The Balaban J connectivity index is 1.53. The second-order valence-corrected chi connectivity index (χ2v) is 6.97. The SMILES string of the molecule is CCOc1ccccc1CCC(=O)NCC(c1ccco1)N1CCCCC1. The van der Waals surface area contributed by atoms with Gasteiger partial charge in [-0.15, -0.1) is 0 Å². The molecule has 5 nitrogen and oxygen atoms in total. The van der Waals surface area contributed by atoms with E-state index in [1.165, 1.54) is 19.3 Å². The van der Waals surface area contributed by atoms with Gasteiger partial charge in [0.1, 0.15) is 11.5 Å². The molecule has 1 N–H and O–H groups in total. The summed E-state index contributed by atoms with van der Waals surface area (Å²) in [4.78, 5) is 14.9. The van der Waals surface area contributed by atoms with Crippen molar-refractivity contribution in [1.29, 1.82) is 0 Å². The molecule has 5 heteroatoms. The van der Waals surface area contributed by atoms with Crippen LogP contribution in [0.5, 0.6) is 5.75 Å². The molecule has 3 rings (SSSR count). The van der Waals surface area contributed by atoms with E-state index in [2.05, 4.69) is 10.2 Å². The van der Waals surface area contributed by atoms with Crippen molar-refractivity contribution in [3.63, 3.8) is 0 Å². The number of carbonyl (C=O) groups is 1. The van der Waals surface area contributed by atoms with Crippen molar-refractivity contribution in [2.45, 2.75) is 45.1 Å². The van der Waals surface area contributed by atoms with Crippen molar-refractivity contribution in [3.8, 4) is 5.75 Å². The molecule has 2 aromatic rings. The van der Waals surface area contributed by atoms with E-state index in [1.54, 1.807) is 6.26 Å². The van der Waals surface area contributed by atoms with Crippen molar-refractivity contribution < 1.29 is 13.9 Å². The fourth-order valence-corrected chi connectivity index (χ4v) is 3.67. The van der Waals surface area contributed by atoms with Gasteiger partial charge in [-0.3, -0.25) is 9.69 Å². The maximum absolute atomic E-state index is 12.4. The Hall–Kier alpha value is -2.27. The van der Waals surface area contributed by atoms with Gasteiger partial charge in [0.2, 0.25) is 5.91 Å². The molecule has 0 saturated carbocycles. The normalized spacial score (nSPS) is 16.0. The topological polar surface area (TPSA) is 54.7 Å². The lowest BCUT2D eigenvalue weighted by atomic mass is 10.1. The molecular weight excluding hydrogens is 340 g/mol. The quantitative estimate of drug-likeness (QED) is 0.726. The van der Waals surface area contributed by atoms with Crippen LogP contribution in [0, 0.1) is 0 Å². The van der Waals surface area contributed by atoms with Crippen LogP contribution in [-0.2, 0) is 11.2 Å². The maximum atomic E-state index is 12.4. The molecule has 0 bridgehead atoms. The number of piperidine rings is 1. The minimum absolute atomic E-state index is 0.0647. The van der Waals surface area contributed by atoms with E-state index in [0.29, 0.717) is 26.0 Å². The van der Waals surface area contributed by atoms with Crippen LogP contribution in [0.1, 0.15) is 50.0 Å². The smallest absolute Gasteiger partial charge is 0.220 e. The molecule has 1 aliphatic rings. The number of para-hydroxylation sites is 1. The lowest BCUT2D eigenvalue weighted by Crippen LogP contribution is -2.40. The van der Waals surface area contributed by atoms with Crippen LogP contribution >= 0.6 is 0 Å². The minimum atomic E-state index is 0.0647. The summed E-state index contributed by atoms with van der Waals surface area (Å²) < 4.78 is 11.3. The number of ether oxygens (including phenoxy) is 1. The number of aryl methyl sites for hydroxylation is 1. The molecule has 1 fully saturated rings. The molecule has 1 atom stereocenters. The first kappa shape index (κ1) is 19.5. The first-order valence-corrected chi connectivity index (χ1v) is 10.0. The number of benzene rings is 1. The average Bonchev–Trinajstić information content (AvgIpc) is 3.23. The van der Waals surface area contributed by atoms with Crippen molar-refractivity contribution in [2.75, 3.05) is 26.2 Å². The van der Waals surface area contributed by atoms with Gasteiger partial charge in [0.15, 0.2) is 0 Å². The highest BCUT2D eigenvalue weighted by Gasteiger charge is 2.24. The van der Waals surface area contributed by atoms with E-state index in [-0.39, 0.29) is 11.9 Å². The number of hydrogen-bond donors (Lipinski definition) is 1. The van der Waals surface area contributed by atoms with Crippen LogP contribution in [-0.4, -0.2) is 37.0 Å². The van der Waals surface area contributed by atoms with Gasteiger partial charge in [0, 0.05) is 13.0 Å². The average molecular weight is 370 g/mol. The second kappa shape index (κ2) is 10.2. The molecule has 27 heavy (non-hydrogen) atoms. The summed E-state index contributed by atoms with van der Waals surface area (Å²) in [6, 6.07) is 12.0. The van der Waals surface area contributed by atoms with E-state index >= 15 is 0 Å². The highest BCUT2D eigenvalue weighted by atomic mass is 16.5. The molecule has 1 aromatic heterocycles. The number of furan rings is 1. The predicted molar refractivity (Wildman–Crippen MR) is 106 cm³/mol. The summed E-state index contributed by atoms with van der Waals surface area (Å²) >= 11 is 0. The van der Waals surface area contributed by atoms with Crippen molar-refractivity contribution in [3.05, 3.63) is 54.0 Å². The van der Waals surface area contributed by atoms with Gasteiger partial charge in [0.25, 0.3) is 0 Å². The highest BCUT2D eigenvalue weighted by molar-refractivity contribution is 5.76. The minimum Gasteiger partial charge on any atom is -0.494 e. The summed E-state index contributed by atoms with van der Waals surface area (Å²) in [5, 5.41) is 3.11. The Bertz CT molecular complexity index is 693. The predicted octanol–water partition coefficient (Wildman–Crippen LogP) is 3.95. The Morgan fingerprint density at radius 1 is 1.19 bits per heavy atom. The fourth-order valence-electron chi connectivity index (χ4n) is 3.67. The first-order valence-electron chi connectivity index (χ1n) is 10.0. The van der Waals surface area contributed by atoms with Crippen LogP contribution in [0.25, 0.3) is 0 Å². The van der Waals surface area contributed by atoms with E-state index in [0.717, 1.165) is 30.2 Å². The number of likely N-dealkylation sites (tertiary alicyclic amines) is 1. The van der Waals surface area contributed by atoms with Crippen LogP contribution in [0.2, 0.25) is 0 Å². The van der Waals surface area contributed by atoms with E-state index < -0.39 is 0 Å². The third kappa shape index (κ3) is 5.60. The summed E-state index contributed by atoms with van der Waals surface area (Å²) in [5.41, 5.74) is 1.08. The van der Waals surface area contributed by atoms with Gasteiger partial charge in [-0.25, -0.2) is 0 Å².